The van der Waals surface area contributed by atoms with Gasteiger partial charge in [-0.05, 0) is 44.0 Å². The van der Waals surface area contributed by atoms with Gasteiger partial charge in [0.15, 0.2) is 0 Å². The second kappa shape index (κ2) is 5.77. The van der Waals surface area contributed by atoms with Gasteiger partial charge in [-0.2, -0.15) is 0 Å². The van der Waals surface area contributed by atoms with Gasteiger partial charge >= 0.3 is 0 Å². The zero-order valence-corrected chi connectivity index (χ0v) is 9.71. The van der Waals surface area contributed by atoms with E-state index in [0.29, 0.717) is 12.5 Å². The van der Waals surface area contributed by atoms with Crippen molar-refractivity contribution in [1.29, 1.82) is 0 Å². The summed E-state index contributed by atoms with van der Waals surface area (Å²) in [7, 11) is 0. The van der Waals surface area contributed by atoms with E-state index in [2.05, 4.69) is 10.6 Å². The number of piperidine rings is 1. The minimum absolute atomic E-state index is 0.122. The average molecular weight is 236 g/mol. The van der Waals surface area contributed by atoms with E-state index in [0.717, 1.165) is 25.9 Å². The molecule has 0 bridgehead atoms. The van der Waals surface area contributed by atoms with Crippen LogP contribution in [0.25, 0.3) is 0 Å². The molecule has 1 aromatic rings. The molecule has 1 saturated heterocycles. The number of halogens is 1. The molecule has 1 atom stereocenters. The van der Waals surface area contributed by atoms with Crippen molar-refractivity contribution in [3.05, 3.63) is 35.6 Å². The Kier molecular flexibility index (Phi) is 4.09. The van der Waals surface area contributed by atoms with E-state index in [1.165, 1.54) is 12.1 Å². The number of hydrogen-bond donors (Lipinski definition) is 2. The molecule has 1 aromatic carbocycles. The number of rotatable bonds is 3. The van der Waals surface area contributed by atoms with Crippen molar-refractivity contribution in [2.24, 2.45) is 5.92 Å². The molecule has 0 aromatic heterocycles. The molecule has 17 heavy (non-hydrogen) atoms. The van der Waals surface area contributed by atoms with E-state index in [-0.39, 0.29) is 11.5 Å². The molecule has 1 aliphatic heterocycles. The van der Waals surface area contributed by atoms with Gasteiger partial charge in [0.05, 0.1) is 5.56 Å². The summed E-state index contributed by atoms with van der Waals surface area (Å²) in [4.78, 5) is 11.7. The topological polar surface area (TPSA) is 41.1 Å². The van der Waals surface area contributed by atoms with Crippen molar-refractivity contribution in [3.8, 4) is 0 Å². The Labute approximate surface area is 100 Å². The third-order valence-electron chi connectivity index (χ3n) is 3.07. The van der Waals surface area contributed by atoms with Gasteiger partial charge in [-0.1, -0.05) is 12.1 Å². The Bertz CT molecular complexity index is 389. The fourth-order valence-electron chi connectivity index (χ4n) is 2.08. The predicted octanol–water partition coefficient (Wildman–Crippen LogP) is 1.56. The third kappa shape index (κ3) is 3.27. The average Bonchev–Trinajstić information content (AvgIpc) is 2.38. The Morgan fingerprint density at radius 1 is 1.47 bits per heavy atom. The molecule has 3 nitrogen and oxygen atoms in total. The summed E-state index contributed by atoms with van der Waals surface area (Å²) in [6.45, 7) is 2.59. The summed E-state index contributed by atoms with van der Waals surface area (Å²) in [5.74, 6) is -0.333. The first-order chi connectivity index (χ1) is 8.27. The largest absolute Gasteiger partial charge is 0.352 e. The molecule has 1 aliphatic rings. The van der Waals surface area contributed by atoms with Gasteiger partial charge in [0.25, 0.3) is 5.91 Å². The van der Waals surface area contributed by atoms with Crippen molar-refractivity contribution in [2.45, 2.75) is 12.8 Å². The van der Waals surface area contributed by atoms with Crippen molar-refractivity contribution < 1.29 is 9.18 Å². The molecule has 2 rings (SSSR count). The van der Waals surface area contributed by atoms with E-state index in [4.69, 9.17) is 0 Å². The third-order valence-corrected chi connectivity index (χ3v) is 3.07. The summed E-state index contributed by atoms with van der Waals surface area (Å²) in [6, 6.07) is 6.05. The molecule has 1 fully saturated rings. The normalized spacial score (nSPS) is 19.9. The highest BCUT2D eigenvalue weighted by atomic mass is 19.1. The van der Waals surface area contributed by atoms with Crippen LogP contribution in [0.15, 0.2) is 24.3 Å². The lowest BCUT2D eigenvalue weighted by atomic mass is 9.99. The van der Waals surface area contributed by atoms with E-state index in [1.54, 1.807) is 12.1 Å². The van der Waals surface area contributed by atoms with Crippen LogP contribution < -0.4 is 10.6 Å². The van der Waals surface area contributed by atoms with Gasteiger partial charge in [-0.3, -0.25) is 4.79 Å². The molecule has 92 valence electrons. The summed E-state index contributed by atoms with van der Waals surface area (Å²) in [6.07, 6.45) is 2.25. The van der Waals surface area contributed by atoms with Gasteiger partial charge in [0.1, 0.15) is 5.82 Å². The van der Waals surface area contributed by atoms with Crippen molar-refractivity contribution in [2.75, 3.05) is 19.6 Å². The number of amides is 1. The lowest BCUT2D eigenvalue weighted by Crippen LogP contribution is -2.38. The van der Waals surface area contributed by atoms with Crippen LogP contribution in [-0.4, -0.2) is 25.5 Å². The molecule has 0 unspecified atom stereocenters. The van der Waals surface area contributed by atoms with Gasteiger partial charge in [0.2, 0.25) is 0 Å². The zero-order valence-electron chi connectivity index (χ0n) is 9.71. The quantitative estimate of drug-likeness (QED) is 0.836. The van der Waals surface area contributed by atoms with Crippen LogP contribution in [0.1, 0.15) is 23.2 Å². The first-order valence-electron chi connectivity index (χ1n) is 6.01. The van der Waals surface area contributed by atoms with Crippen LogP contribution in [0.2, 0.25) is 0 Å². The highest BCUT2D eigenvalue weighted by Crippen LogP contribution is 2.10. The number of hydrogen-bond acceptors (Lipinski definition) is 2. The number of benzene rings is 1. The van der Waals surface area contributed by atoms with Crippen LogP contribution >= 0.6 is 0 Å². The summed E-state index contributed by atoms with van der Waals surface area (Å²) in [5.41, 5.74) is 0.122. The fourth-order valence-corrected chi connectivity index (χ4v) is 2.08. The molecular weight excluding hydrogens is 219 g/mol. The molecular formula is C13H17FN2O. The van der Waals surface area contributed by atoms with E-state index in [9.17, 15) is 9.18 Å². The second-order valence-corrected chi connectivity index (χ2v) is 4.40. The number of carbonyl (C=O) groups excluding carboxylic acids is 1. The van der Waals surface area contributed by atoms with Crippen LogP contribution in [0.5, 0.6) is 0 Å². The maximum absolute atomic E-state index is 13.3. The maximum Gasteiger partial charge on any atom is 0.254 e. The first-order valence-corrected chi connectivity index (χ1v) is 6.01. The molecule has 0 saturated carbocycles. The maximum atomic E-state index is 13.3. The minimum Gasteiger partial charge on any atom is -0.352 e. The van der Waals surface area contributed by atoms with E-state index >= 15 is 0 Å². The molecule has 1 amide bonds. The van der Waals surface area contributed by atoms with Crippen LogP contribution in [0.4, 0.5) is 4.39 Å². The van der Waals surface area contributed by atoms with Crippen molar-refractivity contribution >= 4 is 5.91 Å². The van der Waals surface area contributed by atoms with Crippen molar-refractivity contribution in [1.82, 2.24) is 10.6 Å². The zero-order chi connectivity index (χ0) is 12.1. The Morgan fingerprint density at radius 3 is 3.00 bits per heavy atom. The van der Waals surface area contributed by atoms with Gasteiger partial charge in [-0.25, -0.2) is 4.39 Å². The predicted molar refractivity (Wildman–Crippen MR) is 64.3 cm³/mol. The first kappa shape index (κ1) is 12.0. The minimum atomic E-state index is -0.466. The molecule has 0 aliphatic carbocycles. The summed E-state index contributed by atoms with van der Waals surface area (Å²) >= 11 is 0. The summed E-state index contributed by atoms with van der Waals surface area (Å²) < 4.78 is 13.3. The van der Waals surface area contributed by atoms with Crippen LogP contribution in [-0.2, 0) is 0 Å². The summed E-state index contributed by atoms with van der Waals surface area (Å²) in [5, 5.41) is 6.07. The number of carbonyl (C=O) groups is 1. The SMILES string of the molecule is O=C(NC[C@H]1CCCNC1)c1ccccc1F. The highest BCUT2D eigenvalue weighted by Gasteiger charge is 2.15. The fraction of sp³-hybridized carbons (Fsp3) is 0.462. The van der Waals surface area contributed by atoms with Gasteiger partial charge in [-0.15, -0.1) is 0 Å². The molecule has 4 heteroatoms. The smallest absolute Gasteiger partial charge is 0.254 e. The molecule has 1 heterocycles. The van der Waals surface area contributed by atoms with E-state index in [1.807, 2.05) is 0 Å². The molecule has 0 spiro atoms. The van der Waals surface area contributed by atoms with Crippen LogP contribution in [0, 0.1) is 11.7 Å². The van der Waals surface area contributed by atoms with E-state index < -0.39 is 5.82 Å². The Balaban J connectivity index is 1.87. The highest BCUT2D eigenvalue weighted by molar-refractivity contribution is 5.94. The van der Waals surface area contributed by atoms with Gasteiger partial charge in [0, 0.05) is 6.54 Å². The molecule has 2 N–H and O–H groups in total. The van der Waals surface area contributed by atoms with Crippen molar-refractivity contribution in [3.63, 3.8) is 0 Å². The Morgan fingerprint density at radius 2 is 2.29 bits per heavy atom. The van der Waals surface area contributed by atoms with Crippen LogP contribution in [0.3, 0.4) is 0 Å². The second-order valence-electron chi connectivity index (χ2n) is 4.40. The monoisotopic (exact) mass is 236 g/mol. The Hall–Kier alpha value is -1.42. The lowest BCUT2D eigenvalue weighted by Gasteiger charge is -2.22. The lowest BCUT2D eigenvalue weighted by molar-refractivity contribution is 0.0941. The molecule has 0 radical (unpaired) electrons. The standard InChI is InChI=1S/C13H17FN2O/c14-12-6-2-1-5-11(12)13(17)16-9-10-4-3-7-15-8-10/h1-2,5-6,10,15H,3-4,7-9H2,(H,16,17)/t10-/m0/s1. The number of nitrogens with one attached hydrogen (secondary N) is 2. The van der Waals surface area contributed by atoms with Gasteiger partial charge < -0.3 is 10.6 Å².